The number of hydrogen-bond donors (Lipinski definition) is 1. The Kier molecular flexibility index (Phi) is 4.34. The Morgan fingerprint density at radius 3 is 2.43 bits per heavy atom. The molecule has 7 heteroatoms. The van der Waals surface area contributed by atoms with Gasteiger partial charge in [0.25, 0.3) is 10.0 Å². The zero-order valence-electron chi connectivity index (χ0n) is 12.4. The lowest BCUT2D eigenvalue weighted by Gasteiger charge is -2.19. The summed E-state index contributed by atoms with van der Waals surface area (Å²) in [6.07, 6.45) is 2.85. The van der Waals surface area contributed by atoms with E-state index in [-0.39, 0.29) is 4.90 Å². The molecule has 0 saturated heterocycles. The molecule has 114 valence electrons. The van der Waals surface area contributed by atoms with Crippen LogP contribution in [-0.2, 0) is 16.6 Å². The highest BCUT2D eigenvalue weighted by atomic mass is 32.2. The highest BCUT2D eigenvalue weighted by Crippen LogP contribution is 2.23. The molecule has 0 saturated carbocycles. The number of rotatable bonds is 5. The molecule has 6 nitrogen and oxygen atoms in total. The van der Waals surface area contributed by atoms with Gasteiger partial charge in [0.2, 0.25) is 0 Å². The molecule has 0 aliphatic carbocycles. The Hall–Kier alpha value is -1.86. The van der Waals surface area contributed by atoms with Gasteiger partial charge < -0.3 is 5.73 Å². The van der Waals surface area contributed by atoms with Crippen LogP contribution in [0.15, 0.2) is 35.5 Å². The molecule has 1 aromatic heterocycles. The van der Waals surface area contributed by atoms with Crippen LogP contribution in [0.2, 0.25) is 0 Å². The lowest BCUT2D eigenvalue weighted by Crippen LogP contribution is -2.26. The van der Waals surface area contributed by atoms with Gasteiger partial charge in [-0.2, -0.15) is 5.10 Å². The summed E-state index contributed by atoms with van der Waals surface area (Å²) in [4.78, 5) is 0.164. The molecule has 2 rings (SSSR count). The van der Waals surface area contributed by atoms with E-state index in [1.165, 1.54) is 21.4 Å². The van der Waals surface area contributed by atoms with Crippen molar-refractivity contribution in [3.8, 4) is 0 Å². The van der Waals surface area contributed by atoms with Crippen molar-refractivity contribution in [2.24, 2.45) is 5.73 Å². The maximum absolute atomic E-state index is 12.6. The smallest absolute Gasteiger partial charge is 0.267 e. The molecule has 1 aromatic carbocycles. The molecule has 0 radical (unpaired) electrons. The summed E-state index contributed by atoms with van der Waals surface area (Å²) in [6, 6.07) is 5.69. The predicted molar refractivity (Wildman–Crippen MR) is 82.8 cm³/mol. The molecule has 0 spiro atoms. The summed E-state index contributed by atoms with van der Waals surface area (Å²) in [7, 11) is -2.07. The van der Waals surface area contributed by atoms with Crippen LogP contribution >= 0.6 is 0 Å². The second-order valence-electron chi connectivity index (χ2n) is 5.05. The van der Waals surface area contributed by atoms with E-state index in [9.17, 15) is 8.42 Å². The van der Waals surface area contributed by atoms with Gasteiger partial charge in [-0.15, -0.1) is 0 Å². The van der Waals surface area contributed by atoms with Crippen LogP contribution in [0.4, 0.5) is 5.69 Å². The molecule has 0 aliphatic heterocycles. The van der Waals surface area contributed by atoms with Crippen LogP contribution in [0.1, 0.15) is 11.1 Å². The lowest BCUT2D eigenvalue weighted by molar-refractivity contribution is 0.593. The molecule has 0 aliphatic rings. The van der Waals surface area contributed by atoms with Gasteiger partial charge in [-0.1, -0.05) is 6.07 Å². The second kappa shape index (κ2) is 5.87. The van der Waals surface area contributed by atoms with E-state index in [0.29, 0.717) is 18.8 Å². The highest BCUT2D eigenvalue weighted by molar-refractivity contribution is 7.92. The third kappa shape index (κ3) is 3.25. The zero-order valence-corrected chi connectivity index (χ0v) is 13.3. The van der Waals surface area contributed by atoms with Crippen molar-refractivity contribution < 1.29 is 8.42 Å². The highest BCUT2D eigenvalue weighted by Gasteiger charge is 2.23. The molecule has 21 heavy (non-hydrogen) atoms. The van der Waals surface area contributed by atoms with Crippen molar-refractivity contribution in [1.82, 2.24) is 9.78 Å². The predicted octanol–water partition coefficient (Wildman–Crippen LogP) is 1.28. The third-order valence-electron chi connectivity index (χ3n) is 3.20. The molecule has 0 amide bonds. The number of aryl methyl sites for hydroxylation is 2. The van der Waals surface area contributed by atoms with Gasteiger partial charge in [-0.05, 0) is 37.1 Å². The monoisotopic (exact) mass is 308 g/mol. The summed E-state index contributed by atoms with van der Waals surface area (Å²) < 4.78 is 28.0. The number of aromatic nitrogens is 2. The van der Waals surface area contributed by atoms with Crippen LogP contribution in [0.3, 0.4) is 0 Å². The fraction of sp³-hybridized carbons (Fsp3) is 0.357. The van der Waals surface area contributed by atoms with Crippen LogP contribution in [0.5, 0.6) is 0 Å². The molecule has 2 N–H and O–H groups in total. The van der Waals surface area contributed by atoms with Crippen molar-refractivity contribution in [1.29, 1.82) is 0 Å². The SMILES string of the molecule is Cc1cc(C)cc(N(C)S(=O)(=O)c2cnn(CCN)c2)c1. The summed E-state index contributed by atoms with van der Waals surface area (Å²) in [5.74, 6) is 0. The first kappa shape index (κ1) is 15.5. The molecular formula is C14H20N4O2S. The quantitative estimate of drug-likeness (QED) is 0.902. The molecule has 1 heterocycles. The Morgan fingerprint density at radius 2 is 1.86 bits per heavy atom. The topological polar surface area (TPSA) is 81.2 Å². The second-order valence-corrected chi connectivity index (χ2v) is 7.02. The normalized spacial score (nSPS) is 11.6. The number of benzene rings is 1. The Bertz CT molecular complexity index is 717. The maximum atomic E-state index is 12.6. The van der Waals surface area contributed by atoms with Gasteiger partial charge in [0.15, 0.2) is 0 Å². The van der Waals surface area contributed by atoms with E-state index in [1.54, 1.807) is 7.05 Å². The molecular weight excluding hydrogens is 288 g/mol. The number of nitrogens with two attached hydrogens (primary N) is 1. The van der Waals surface area contributed by atoms with Crippen LogP contribution < -0.4 is 10.0 Å². The Balaban J connectivity index is 2.37. The third-order valence-corrected chi connectivity index (χ3v) is 4.93. The van der Waals surface area contributed by atoms with Gasteiger partial charge in [0.05, 0.1) is 18.4 Å². The van der Waals surface area contributed by atoms with Crippen LogP contribution in [0.25, 0.3) is 0 Å². The van der Waals surface area contributed by atoms with Crippen molar-refractivity contribution in [3.63, 3.8) is 0 Å². The van der Waals surface area contributed by atoms with E-state index in [2.05, 4.69) is 5.10 Å². The fourth-order valence-corrected chi connectivity index (χ4v) is 3.30. The average molecular weight is 308 g/mol. The van der Waals surface area contributed by atoms with E-state index in [4.69, 9.17) is 5.73 Å². The van der Waals surface area contributed by atoms with E-state index in [0.717, 1.165) is 11.1 Å². The number of nitrogens with zero attached hydrogens (tertiary/aromatic N) is 3. The zero-order chi connectivity index (χ0) is 15.6. The minimum atomic E-state index is -3.61. The number of sulfonamides is 1. The van der Waals surface area contributed by atoms with Crippen LogP contribution in [0, 0.1) is 13.8 Å². The van der Waals surface area contributed by atoms with Gasteiger partial charge >= 0.3 is 0 Å². The van der Waals surface area contributed by atoms with E-state index < -0.39 is 10.0 Å². The maximum Gasteiger partial charge on any atom is 0.267 e. The lowest BCUT2D eigenvalue weighted by atomic mass is 10.1. The van der Waals surface area contributed by atoms with Gasteiger partial charge in [0, 0.05) is 19.8 Å². The fourth-order valence-electron chi connectivity index (χ4n) is 2.16. The average Bonchev–Trinajstić information content (AvgIpc) is 2.86. The molecule has 2 aromatic rings. The van der Waals surface area contributed by atoms with Crippen molar-refractivity contribution in [3.05, 3.63) is 41.7 Å². The molecule has 0 unspecified atom stereocenters. The van der Waals surface area contributed by atoms with Gasteiger partial charge in [-0.25, -0.2) is 8.42 Å². The number of hydrogen-bond acceptors (Lipinski definition) is 4. The summed E-state index contributed by atoms with van der Waals surface area (Å²) in [5.41, 5.74) is 8.12. The first-order valence-electron chi connectivity index (χ1n) is 6.64. The number of anilines is 1. The van der Waals surface area contributed by atoms with Gasteiger partial charge in [-0.3, -0.25) is 8.99 Å². The molecule has 0 atom stereocenters. The van der Waals surface area contributed by atoms with Gasteiger partial charge in [0.1, 0.15) is 4.90 Å². The standard InChI is InChI=1S/C14H20N4O2S/c1-11-6-12(2)8-13(7-11)17(3)21(19,20)14-9-16-18(10-14)5-4-15/h6-10H,4-5,15H2,1-3H3. The molecule has 0 fully saturated rings. The largest absolute Gasteiger partial charge is 0.329 e. The van der Waals surface area contributed by atoms with Crippen molar-refractivity contribution in [2.45, 2.75) is 25.3 Å². The van der Waals surface area contributed by atoms with E-state index >= 15 is 0 Å². The molecule has 0 bridgehead atoms. The first-order valence-corrected chi connectivity index (χ1v) is 8.08. The minimum Gasteiger partial charge on any atom is -0.329 e. The summed E-state index contributed by atoms with van der Waals surface area (Å²) in [5, 5.41) is 4.01. The summed E-state index contributed by atoms with van der Waals surface area (Å²) in [6.45, 7) is 4.78. The first-order chi connectivity index (χ1) is 9.84. The summed E-state index contributed by atoms with van der Waals surface area (Å²) >= 11 is 0. The Morgan fingerprint density at radius 1 is 1.24 bits per heavy atom. The van der Waals surface area contributed by atoms with Crippen molar-refractivity contribution >= 4 is 15.7 Å². The van der Waals surface area contributed by atoms with Crippen LogP contribution in [-0.4, -0.2) is 31.8 Å². The minimum absolute atomic E-state index is 0.164. The Labute approximate surface area is 125 Å². The van der Waals surface area contributed by atoms with E-state index in [1.807, 2.05) is 32.0 Å². The van der Waals surface area contributed by atoms with Crippen molar-refractivity contribution in [2.75, 3.05) is 17.9 Å².